The van der Waals surface area contributed by atoms with E-state index in [0.29, 0.717) is 12.6 Å². The summed E-state index contributed by atoms with van der Waals surface area (Å²) in [6, 6.07) is 0.448. The highest BCUT2D eigenvalue weighted by atomic mass is 16.3. The van der Waals surface area contributed by atoms with Crippen molar-refractivity contribution in [3.8, 4) is 0 Å². The van der Waals surface area contributed by atoms with E-state index >= 15 is 0 Å². The second-order valence-electron chi connectivity index (χ2n) is 3.74. The van der Waals surface area contributed by atoms with Gasteiger partial charge in [-0.1, -0.05) is 0 Å². The van der Waals surface area contributed by atoms with Crippen molar-refractivity contribution >= 4 is 0 Å². The van der Waals surface area contributed by atoms with Gasteiger partial charge >= 0.3 is 0 Å². The van der Waals surface area contributed by atoms with Crippen LogP contribution in [0.3, 0.4) is 0 Å². The Hall–Kier alpha value is -0.160. The molecule has 3 N–H and O–H groups in total. The molecule has 13 heavy (non-hydrogen) atoms. The van der Waals surface area contributed by atoms with E-state index in [4.69, 9.17) is 5.11 Å². The minimum Gasteiger partial charge on any atom is -0.394 e. The van der Waals surface area contributed by atoms with Gasteiger partial charge in [-0.25, -0.2) is 0 Å². The second-order valence-corrected chi connectivity index (χ2v) is 3.74. The first-order valence-electron chi connectivity index (χ1n) is 4.97. The maximum Gasteiger partial charge on any atom is 0.0897 e. The van der Waals surface area contributed by atoms with Gasteiger partial charge in [0.2, 0.25) is 0 Å². The summed E-state index contributed by atoms with van der Waals surface area (Å²) in [4.78, 5) is 2.22. The second kappa shape index (κ2) is 5.54. The van der Waals surface area contributed by atoms with Crippen molar-refractivity contribution in [2.24, 2.45) is 0 Å². The molecule has 0 radical (unpaired) electrons. The van der Waals surface area contributed by atoms with E-state index in [1.807, 2.05) is 0 Å². The Kier molecular flexibility index (Phi) is 4.66. The summed E-state index contributed by atoms with van der Waals surface area (Å²) in [6.07, 6.45) is 0.517. The van der Waals surface area contributed by atoms with Crippen molar-refractivity contribution in [1.29, 1.82) is 0 Å². The van der Waals surface area contributed by atoms with Crippen LogP contribution < -0.4 is 5.32 Å². The fourth-order valence-corrected chi connectivity index (χ4v) is 1.67. The van der Waals surface area contributed by atoms with Crippen molar-refractivity contribution in [2.45, 2.75) is 25.5 Å². The molecule has 1 fully saturated rings. The molecule has 0 saturated carbocycles. The highest BCUT2D eigenvalue weighted by Gasteiger charge is 2.18. The van der Waals surface area contributed by atoms with E-state index in [0.717, 1.165) is 26.1 Å². The van der Waals surface area contributed by atoms with E-state index in [1.165, 1.54) is 0 Å². The zero-order valence-corrected chi connectivity index (χ0v) is 8.24. The van der Waals surface area contributed by atoms with E-state index in [2.05, 4.69) is 17.1 Å². The molecule has 0 spiro atoms. The third-order valence-electron chi connectivity index (χ3n) is 2.52. The molecular weight excluding hydrogens is 168 g/mol. The number of nitrogens with zero attached hydrogens (tertiary/aromatic N) is 1. The SMILES string of the molecule is CC1CNCCCN1CC(O)CO. The molecule has 1 saturated heterocycles. The lowest BCUT2D eigenvalue weighted by atomic mass is 10.2. The van der Waals surface area contributed by atoms with Crippen molar-refractivity contribution in [1.82, 2.24) is 10.2 Å². The average Bonchev–Trinajstić information content (AvgIpc) is 2.32. The zero-order valence-electron chi connectivity index (χ0n) is 8.24. The van der Waals surface area contributed by atoms with E-state index in [9.17, 15) is 5.11 Å². The fourth-order valence-electron chi connectivity index (χ4n) is 1.67. The largest absolute Gasteiger partial charge is 0.394 e. The summed E-state index contributed by atoms with van der Waals surface area (Å²) in [6.45, 7) is 5.61. The highest BCUT2D eigenvalue weighted by molar-refractivity contribution is 4.75. The molecule has 1 aliphatic rings. The molecule has 2 unspecified atom stereocenters. The maximum absolute atomic E-state index is 9.31. The first kappa shape index (κ1) is 10.9. The highest BCUT2D eigenvalue weighted by Crippen LogP contribution is 2.04. The number of rotatable bonds is 3. The molecule has 1 heterocycles. The van der Waals surface area contributed by atoms with Crippen LogP contribution in [0, 0.1) is 0 Å². The summed E-state index contributed by atoms with van der Waals surface area (Å²) in [5, 5.41) is 21.4. The Morgan fingerprint density at radius 2 is 2.38 bits per heavy atom. The van der Waals surface area contributed by atoms with Gasteiger partial charge in [0.05, 0.1) is 12.7 Å². The van der Waals surface area contributed by atoms with Gasteiger partial charge in [-0.3, -0.25) is 4.90 Å². The van der Waals surface area contributed by atoms with Crippen LogP contribution in [0.1, 0.15) is 13.3 Å². The number of nitrogens with one attached hydrogen (secondary N) is 1. The van der Waals surface area contributed by atoms with Crippen LogP contribution >= 0.6 is 0 Å². The number of hydrogen-bond donors (Lipinski definition) is 3. The summed E-state index contributed by atoms with van der Waals surface area (Å²) in [5.41, 5.74) is 0. The monoisotopic (exact) mass is 188 g/mol. The molecule has 1 rings (SSSR count). The lowest BCUT2D eigenvalue weighted by Gasteiger charge is -2.28. The summed E-state index contributed by atoms with van der Waals surface area (Å²) < 4.78 is 0. The number of hydrogen-bond acceptors (Lipinski definition) is 4. The number of aliphatic hydroxyl groups excluding tert-OH is 2. The smallest absolute Gasteiger partial charge is 0.0897 e. The fraction of sp³-hybridized carbons (Fsp3) is 1.00. The van der Waals surface area contributed by atoms with Crippen LogP contribution in [0.2, 0.25) is 0 Å². The number of aliphatic hydroxyl groups is 2. The molecule has 4 heteroatoms. The van der Waals surface area contributed by atoms with Gasteiger partial charge in [0.15, 0.2) is 0 Å². The molecule has 2 atom stereocenters. The molecular formula is C9H20N2O2. The van der Waals surface area contributed by atoms with Crippen molar-refractivity contribution in [3.63, 3.8) is 0 Å². The molecule has 0 bridgehead atoms. The van der Waals surface area contributed by atoms with Crippen LogP contribution in [-0.4, -0.2) is 60.0 Å². The van der Waals surface area contributed by atoms with Gasteiger partial charge in [0.25, 0.3) is 0 Å². The molecule has 1 aliphatic heterocycles. The zero-order chi connectivity index (χ0) is 9.68. The molecule has 0 aromatic rings. The Labute approximate surface area is 79.6 Å². The van der Waals surface area contributed by atoms with Gasteiger partial charge in [0.1, 0.15) is 0 Å². The lowest BCUT2D eigenvalue weighted by molar-refractivity contribution is 0.0497. The van der Waals surface area contributed by atoms with Gasteiger partial charge in [-0.2, -0.15) is 0 Å². The molecule has 78 valence electrons. The molecule has 0 aromatic carbocycles. The molecule has 0 aliphatic carbocycles. The van der Waals surface area contributed by atoms with Crippen LogP contribution in [-0.2, 0) is 0 Å². The standard InChI is InChI=1S/C9H20N2O2/c1-8-5-10-3-2-4-11(8)6-9(13)7-12/h8-10,12-13H,2-7H2,1H3. The third-order valence-corrected chi connectivity index (χ3v) is 2.52. The van der Waals surface area contributed by atoms with E-state index in [1.54, 1.807) is 0 Å². The average molecular weight is 188 g/mol. The van der Waals surface area contributed by atoms with Gasteiger partial charge in [-0.15, -0.1) is 0 Å². The summed E-state index contributed by atoms with van der Waals surface area (Å²) >= 11 is 0. The molecule has 0 aromatic heterocycles. The Bertz CT molecular complexity index is 144. The Morgan fingerprint density at radius 1 is 1.62 bits per heavy atom. The topological polar surface area (TPSA) is 55.7 Å². The van der Waals surface area contributed by atoms with Crippen LogP contribution in [0.4, 0.5) is 0 Å². The quantitative estimate of drug-likeness (QED) is 0.533. The van der Waals surface area contributed by atoms with Gasteiger partial charge in [-0.05, 0) is 26.4 Å². The Morgan fingerprint density at radius 3 is 3.08 bits per heavy atom. The minimum absolute atomic E-state index is 0.142. The van der Waals surface area contributed by atoms with Crippen molar-refractivity contribution in [3.05, 3.63) is 0 Å². The predicted octanol–water partition coefficient (Wildman–Crippen LogP) is -0.977. The summed E-state index contributed by atoms with van der Waals surface area (Å²) in [7, 11) is 0. The minimum atomic E-state index is -0.597. The predicted molar refractivity (Wildman–Crippen MR) is 51.6 cm³/mol. The number of β-amino-alcohol motifs (C(OH)–C–C–N with tert-alkyl or cyclic N) is 1. The summed E-state index contributed by atoms with van der Waals surface area (Å²) in [5.74, 6) is 0. The lowest BCUT2D eigenvalue weighted by Crippen LogP contribution is -2.42. The normalized spacial score (nSPS) is 28.4. The molecule has 0 amide bonds. The third kappa shape index (κ3) is 3.60. The maximum atomic E-state index is 9.31. The van der Waals surface area contributed by atoms with Crippen molar-refractivity contribution in [2.75, 3.05) is 32.8 Å². The van der Waals surface area contributed by atoms with Crippen LogP contribution in [0.5, 0.6) is 0 Å². The first-order chi connectivity index (χ1) is 6.24. The molecule has 4 nitrogen and oxygen atoms in total. The first-order valence-corrected chi connectivity index (χ1v) is 4.97. The van der Waals surface area contributed by atoms with E-state index in [-0.39, 0.29) is 6.61 Å². The van der Waals surface area contributed by atoms with E-state index < -0.39 is 6.10 Å². The van der Waals surface area contributed by atoms with Gasteiger partial charge < -0.3 is 15.5 Å². The van der Waals surface area contributed by atoms with Crippen molar-refractivity contribution < 1.29 is 10.2 Å². The van der Waals surface area contributed by atoms with Crippen LogP contribution in [0.15, 0.2) is 0 Å². The van der Waals surface area contributed by atoms with Crippen LogP contribution in [0.25, 0.3) is 0 Å². The van der Waals surface area contributed by atoms with Gasteiger partial charge in [0, 0.05) is 19.1 Å². The Balaban J connectivity index is 2.35.